The number of aromatic nitrogens is 2. The van der Waals surface area contributed by atoms with E-state index in [0.717, 1.165) is 28.1 Å². The molecule has 19 heavy (non-hydrogen) atoms. The van der Waals surface area contributed by atoms with Crippen molar-refractivity contribution in [2.24, 2.45) is 12.0 Å². The monoisotopic (exact) mass is 249 g/mol. The van der Waals surface area contributed by atoms with Crippen LogP contribution in [0.15, 0.2) is 53.5 Å². The van der Waals surface area contributed by atoms with Crippen molar-refractivity contribution in [2.45, 2.75) is 6.92 Å². The van der Waals surface area contributed by atoms with E-state index in [2.05, 4.69) is 33.6 Å². The van der Waals surface area contributed by atoms with Gasteiger partial charge in [0.05, 0.1) is 22.9 Å². The molecule has 3 aromatic rings. The Kier molecular flexibility index (Phi) is 2.88. The SMILES string of the molecule is Cc1ccccc1N=Cc1nc2ccccc2n1C. The van der Waals surface area contributed by atoms with E-state index in [-0.39, 0.29) is 0 Å². The Balaban J connectivity index is 2.02. The van der Waals surface area contributed by atoms with Crippen molar-refractivity contribution in [1.29, 1.82) is 0 Å². The molecule has 3 nitrogen and oxygen atoms in total. The zero-order valence-electron chi connectivity index (χ0n) is 11.0. The summed E-state index contributed by atoms with van der Waals surface area (Å²) in [5.41, 5.74) is 4.26. The Bertz CT molecular complexity index is 754. The molecule has 0 aliphatic carbocycles. The number of benzene rings is 2. The zero-order valence-corrected chi connectivity index (χ0v) is 11.0. The highest BCUT2D eigenvalue weighted by Gasteiger charge is 2.04. The van der Waals surface area contributed by atoms with Gasteiger partial charge in [-0.15, -0.1) is 0 Å². The highest BCUT2D eigenvalue weighted by atomic mass is 15.1. The Morgan fingerprint density at radius 1 is 1.05 bits per heavy atom. The standard InChI is InChI=1S/C16H15N3/c1-12-7-3-4-8-13(12)17-11-16-18-14-9-5-6-10-15(14)19(16)2/h3-11H,1-2H3. The Hall–Kier alpha value is -2.42. The molecule has 0 spiro atoms. The van der Waals surface area contributed by atoms with Crippen molar-refractivity contribution in [2.75, 3.05) is 0 Å². The number of aliphatic imine (C=N–C) groups is 1. The summed E-state index contributed by atoms with van der Waals surface area (Å²) in [5, 5.41) is 0. The van der Waals surface area contributed by atoms with Gasteiger partial charge in [-0.05, 0) is 30.7 Å². The molecule has 0 saturated carbocycles. The van der Waals surface area contributed by atoms with Gasteiger partial charge in [0, 0.05) is 7.05 Å². The van der Waals surface area contributed by atoms with Crippen LogP contribution in [0.5, 0.6) is 0 Å². The fourth-order valence-electron chi connectivity index (χ4n) is 2.12. The van der Waals surface area contributed by atoms with Crippen LogP contribution in [-0.4, -0.2) is 15.8 Å². The van der Waals surface area contributed by atoms with Gasteiger partial charge in [-0.3, -0.25) is 4.99 Å². The summed E-state index contributed by atoms with van der Waals surface area (Å²) in [4.78, 5) is 9.09. The number of fused-ring (bicyclic) bond motifs is 1. The van der Waals surface area contributed by atoms with Crippen LogP contribution < -0.4 is 0 Å². The number of rotatable bonds is 2. The average molecular weight is 249 g/mol. The van der Waals surface area contributed by atoms with Crippen LogP contribution in [-0.2, 0) is 7.05 Å². The first-order valence-corrected chi connectivity index (χ1v) is 6.27. The lowest BCUT2D eigenvalue weighted by Gasteiger charge is -1.99. The normalized spacial score (nSPS) is 11.5. The van der Waals surface area contributed by atoms with Crippen molar-refractivity contribution in [3.8, 4) is 0 Å². The maximum absolute atomic E-state index is 4.57. The maximum atomic E-state index is 4.57. The lowest BCUT2D eigenvalue weighted by atomic mass is 10.2. The van der Waals surface area contributed by atoms with Gasteiger partial charge >= 0.3 is 0 Å². The number of aryl methyl sites for hydroxylation is 2. The quantitative estimate of drug-likeness (QED) is 0.638. The van der Waals surface area contributed by atoms with E-state index in [4.69, 9.17) is 0 Å². The van der Waals surface area contributed by atoms with E-state index in [0.29, 0.717) is 0 Å². The molecule has 1 heterocycles. The van der Waals surface area contributed by atoms with Crippen molar-refractivity contribution in [3.05, 3.63) is 59.9 Å². The number of nitrogens with zero attached hydrogens (tertiary/aromatic N) is 3. The fourth-order valence-corrected chi connectivity index (χ4v) is 2.12. The van der Waals surface area contributed by atoms with E-state index in [1.54, 1.807) is 0 Å². The summed E-state index contributed by atoms with van der Waals surface area (Å²) in [6, 6.07) is 16.2. The minimum Gasteiger partial charge on any atom is -0.326 e. The van der Waals surface area contributed by atoms with Crippen molar-refractivity contribution >= 4 is 22.9 Å². The van der Waals surface area contributed by atoms with Crippen LogP contribution in [0.2, 0.25) is 0 Å². The van der Waals surface area contributed by atoms with Crippen LogP contribution >= 0.6 is 0 Å². The maximum Gasteiger partial charge on any atom is 0.152 e. The lowest BCUT2D eigenvalue weighted by molar-refractivity contribution is 0.935. The van der Waals surface area contributed by atoms with Gasteiger partial charge in [-0.2, -0.15) is 0 Å². The molecule has 0 aliphatic heterocycles. The van der Waals surface area contributed by atoms with Crippen LogP contribution in [0.4, 0.5) is 5.69 Å². The largest absolute Gasteiger partial charge is 0.326 e. The molecule has 2 aromatic carbocycles. The minimum absolute atomic E-state index is 0.865. The van der Waals surface area contributed by atoms with Crippen molar-refractivity contribution < 1.29 is 0 Å². The van der Waals surface area contributed by atoms with E-state index in [1.807, 2.05) is 49.7 Å². The first kappa shape index (κ1) is 11.7. The van der Waals surface area contributed by atoms with E-state index in [9.17, 15) is 0 Å². The summed E-state index contributed by atoms with van der Waals surface area (Å²) in [5.74, 6) is 0.865. The summed E-state index contributed by atoms with van der Waals surface area (Å²) >= 11 is 0. The molecule has 0 N–H and O–H groups in total. The molecule has 0 atom stereocenters. The van der Waals surface area contributed by atoms with Crippen LogP contribution in [0.1, 0.15) is 11.4 Å². The number of imidazole rings is 1. The molecule has 0 bridgehead atoms. The molecule has 3 rings (SSSR count). The molecule has 0 aliphatic rings. The molecule has 0 radical (unpaired) electrons. The van der Waals surface area contributed by atoms with E-state index >= 15 is 0 Å². The third kappa shape index (κ3) is 2.15. The molecule has 0 unspecified atom stereocenters. The first-order chi connectivity index (χ1) is 9.25. The molecule has 1 aromatic heterocycles. The zero-order chi connectivity index (χ0) is 13.2. The van der Waals surface area contributed by atoms with Gasteiger partial charge < -0.3 is 4.57 Å². The second-order valence-electron chi connectivity index (χ2n) is 4.56. The summed E-state index contributed by atoms with van der Waals surface area (Å²) in [6.07, 6.45) is 1.82. The summed E-state index contributed by atoms with van der Waals surface area (Å²) in [6.45, 7) is 2.06. The van der Waals surface area contributed by atoms with Gasteiger partial charge in [-0.25, -0.2) is 4.98 Å². The third-order valence-electron chi connectivity index (χ3n) is 3.26. The smallest absolute Gasteiger partial charge is 0.152 e. The van der Waals surface area contributed by atoms with Gasteiger partial charge in [0.1, 0.15) is 0 Å². The van der Waals surface area contributed by atoms with Crippen LogP contribution in [0.25, 0.3) is 11.0 Å². The fraction of sp³-hybridized carbons (Fsp3) is 0.125. The van der Waals surface area contributed by atoms with Crippen LogP contribution in [0, 0.1) is 6.92 Å². The van der Waals surface area contributed by atoms with Gasteiger partial charge in [0.2, 0.25) is 0 Å². The lowest BCUT2D eigenvalue weighted by Crippen LogP contribution is -1.95. The Labute approximate surface area is 112 Å². The van der Waals surface area contributed by atoms with Crippen LogP contribution in [0.3, 0.4) is 0 Å². The second kappa shape index (κ2) is 4.69. The molecule has 94 valence electrons. The van der Waals surface area contributed by atoms with Gasteiger partial charge in [-0.1, -0.05) is 30.3 Å². The van der Waals surface area contributed by atoms with Crippen molar-refractivity contribution in [3.63, 3.8) is 0 Å². The number of hydrogen-bond donors (Lipinski definition) is 0. The number of para-hydroxylation sites is 3. The van der Waals surface area contributed by atoms with E-state index in [1.165, 1.54) is 0 Å². The molecule has 3 heteroatoms. The topological polar surface area (TPSA) is 30.2 Å². The molecule has 0 amide bonds. The highest BCUT2D eigenvalue weighted by molar-refractivity contribution is 5.86. The molecule has 0 fully saturated rings. The minimum atomic E-state index is 0.865. The van der Waals surface area contributed by atoms with Gasteiger partial charge in [0.25, 0.3) is 0 Å². The average Bonchev–Trinajstić information content (AvgIpc) is 2.75. The molecular formula is C16H15N3. The molecule has 0 saturated heterocycles. The van der Waals surface area contributed by atoms with Crippen molar-refractivity contribution in [1.82, 2.24) is 9.55 Å². The first-order valence-electron chi connectivity index (χ1n) is 6.27. The highest BCUT2D eigenvalue weighted by Crippen LogP contribution is 2.18. The predicted molar refractivity (Wildman–Crippen MR) is 79.1 cm³/mol. The summed E-state index contributed by atoms with van der Waals surface area (Å²) < 4.78 is 2.05. The number of hydrogen-bond acceptors (Lipinski definition) is 2. The Morgan fingerprint density at radius 2 is 1.79 bits per heavy atom. The van der Waals surface area contributed by atoms with E-state index < -0.39 is 0 Å². The third-order valence-corrected chi connectivity index (χ3v) is 3.26. The van der Waals surface area contributed by atoms with Gasteiger partial charge in [0.15, 0.2) is 5.82 Å². The predicted octanol–water partition coefficient (Wildman–Crippen LogP) is 3.63. The summed E-state index contributed by atoms with van der Waals surface area (Å²) in [7, 11) is 2.01. The Morgan fingerprint density at radius 3 is 2.58 bits per heavy atom. The second-order valence-corrected chi connectivity index (χ2v) is 4.56. The molecular weight excluding hydrogens is 234 g/mol.